The van der Waals surface area contributed by atoms with E-state index in [1.54, 1.807) is 7.11 Å². The predicted molar refractivity (Wildman–Crippen MR) is 80.2 cm³/mol. The Hall–Kier alpha value is -1.00. The van der Waals surface area contributed by atoms with Gasteiger partial charge < -0.3 is 10.1 Å². The van der Waals surface area contributed by atoms with Gasteiger partial charge in [-0.15, -0.1) is 0 Å². The Labute approximate surface area is 125 Å². The summed E-state index contributed by atoms with van der Waals surface area (Å²) in [6, 6.07) is 3.60. The molecule has 1 aromatic rings. The summed E-state index contributed by atoms with van der Waals surface area (Å²) in [5.74, 6) is -0.997. The van der Waals surface area contributed by atoms with E-state index in [-0.39, 0.29) is 5.56 Å². The minimum atomic E-state index is -0.532. The van der Waals surface area contributed by atoms with Crippen molar-refractivity contribution in [3.05, 3.63) is 35.4 Å². The lowest BCUT2D eigenvalue weighted by Gasteiger charge is -2.40. The molecular weight excluding hydrogens is 272 g/mol. The zero-order valence-corrected chi connectivity index (χ0v) is 12.9. The fourth-order valence-electron chi connectivity index (χ4n) is 3.48. The highest BCUT2D eigenvalue weighted by Gasteiger charge is 2.42. The average molecular weight is 297 g/mol. The third-order valence-electron chi connectivity index (χ3n) is 4.58. The Balaban J connectivity index is 2.45. The van der Waals surface area contributed by atoms with Crippen LogP contribution in [0.2, 0.25) is 0 Å². The molecule has 0 aliphatic heterocycles. The molecule has 1 saturated carbocycles. The van der Waals surface area contributed by atoms with Gasteiger partial charge in [0, 0.05) is 12.7 Å². The van der Waals surface area contributed by atoms with E-state index >= 15 is 0 Å². The average Bonchev–Trinajstić information content (AvgIpc) is 2.72. The van der Waals surface area contributed by atoms with Crippen molar-refractivity contribution in [3.63, 3.8) is 0 Å². The fraction of sp³-hybridized carbons (Fsp3) is 0.647. The lowest BCUT2D eigenvalue weighted by molar-refractivity contribution is -0.0553. The number of ether oxygens (including phenoxy) is 1. The van der Waals surface area contributed by atoms with Crippen LogP contribution >= 0.6 is 0 Å². The van der Waals surface area contributed by atoms with Crippen molar-refractivity contribution >= 4 is 0 Å². The first-order valence-corrected chi connectivity index (χ1v) is 7.87. The normalized spacial score (nSPS) is 20.0. The van der Waals surface area contributed by atoms with E-state index in [0.717, 1.165) is 38.5 Å². The smallest absolute Gasteiger partial charge is 0.131 e. The predicted octanol–water partition coefficient (Wildman–Crippen LogP) is 4.35. The molecule has 1 aromatic carbocycles. The zero-order valence-electron chi connectivity index (χ0n) is 12.9. The SMILES string of the molecule is CCNC(c1c(F)cccc1F)C1(OC)CCCCCC1. The standard InChI is InChI=1S/C17H25F2NO/c1-3-20-16(15-13(18)9-8-10-14(15)19)17(21-2)11-6-4-5-7-12-17/h8-10,16,20H,3-7,11-12H2,1-2H3. The third kappa shape index (κ3) is 3.43. The highest BCUT2D eigenvalue weighted by atomic mass is 19.1. The monoisotopic (exact) mass is 297 g/mol. The second-order valence-electron chi connectivity index (χ2n) is 5.81. The van der Waals surface area contributed by atoms with E-state index in [1.165, 1.54) is 18.2 Å². The highest BCUT2D eigenvalue weighted by Crippen LogP contribution is 2.41. The maximum absolute atomic E-state index is 14.3. The summed E-state index contributed by atoms with van der Waals surface area (Å²) >= 11 is 0. The van der Waals surface area contributed by atoms with Crippen molar-refractivity contribution in [2.75, 3.05) is 13.7 Å². The van der Waals surface area contributed by atoms with Gasteiger partial charge in [0.25, 0.3) is 0 Å². The summed E-state index contributed by atoms with van der Waals surface area (Å²) in [6.45, 7) is 2.59. The Morgan fingerprint density at radius 2 is 1.71 bits per heavy atom. The van der Waals surface area contributed by atoms with Crippen LogP contribution in [-0.4, -0.2) is 19.3 Å². The molecule has 1 unspecified atom stereocenters. The summed E-state index contributed by atoms with van der Waals surface area (Å²) in [7, 11) is 1.66. The molecule has 1 atom stereocenters. The van der Waals surface area contributed by atoms with Gasteiger partial charge >= 0.3 is 0 Å². The summed E-state index contributed by atoms with van der Waals surface area (Å²) in [5, 5.41) is 3.26. The van der Waals surface area contributed by atoms with Crippen molar-refractivity contribution in [3.8, 4) is 0 Å². The Bertz CT molecular complexity index is 436. The molecule has 0 aromatic heterocycles. The van der Waals surface area contributed by atoms with Gasteiger partial charge in [-0.25, -0.2) is 8.78 Å². The summed E-state index contributed by atoms with van der Waals surface area (Å²) in [4.78, 5) is 0. The van der Waals surface area contributed by atoms with Gasteiger partial charge in [0.1, 0.15) is 11.6 Å². The number of halogens is 2. The first kappa shape index (κ1) is 16.4. The van der Waals surface area contributed by atoms with Gasteiger partial charge in [-0.1, -0.05) is 38.7 Å². The first-order valence-electron chi connectivity index (χ1n) is 7.87. The zero-order chi connectivity index (χ0) is 15.3. The van der Waals surface area contributed by atoms with Crippen molar-refractivity contribution in [1.29, 1.82) is 0 Å². The van der Waals surface area contributed by atoms with Crippen molar-refractivity contribution in [1.82, 2.24) is 5.32 Å². The lowest BCUT2D eigenvalue weighted by atomic mass is 9.81. The molecule has 0 heterocycles. The van der Waals surface area contributed by atoms with E-state index < -0.39 is 23.3 Å². The topological polar surface area (TPSA) is 21.3 Å². The largest absolute Gasteiger partial charge is 0.376 e. The van der Waals surface area contributed by atoms with Crippen LogP contribution in [0.1, 0.15) is 57.1 Å². The molecule has 21 heavy (non-hydrogen) atoms. The number of rotatable bonds is 5. The molecule has 0 saturated heterocycles. The van der Waals surface area contributed by atoms with E-state index in [9.17, 15) is 8.78 Å². The fourth-order valence-corrected chi connectivity index (χ4v) is 3.48. The Morgan fingerprint density at radius 1 is 1.14 bits per heavy atom. The molecule has 1 aliphatic carbocycles. The van der Waals surface area contributed by atoms with Crippen LogP contribution in [-0.2, 0) is 4.74 Å². The quantitative estimate of drug-likeness (QED) is 0.816. The Kier molecular flexibility index (Phi) is 5.71. The van der Waals surface area contributed by atoms with Gasteiger partial charge in [-0.2, -0.15) is 0 Å². The maximum Gasteiger partial charge on any atom is 0.131 e. The van der Waals surface area contributed by atoms with Crippen LogP contribution in [0.15, 0.2) is 18.2 Å². The number of hydrogen-bond donors (Lipinski definition) is 1. The molecule has 1 N–H and O–H groups in total. The molecule has 0 radical (unpaired) electrons. The maximum atomic E-state index is 14.3. The number of hydrogen-bond acceptors (Lipinski definition) is 2. The highest BCUT2D eigenvalue weighted by molar-refractivity contribution is 5.26. The van der Waals surface area contributed by atoms with E-state index in [1.807, 2.05) is 6.92 Å². The third-order valence-corrected chi connectivity index (χ3v) is 4.58. The van der Waals surface area contributed by atoms with Crippen LogP contribution in [0.4, 0.5) is 8.78 Å². The molecule has 2 nitrogen and oxygen atoms in total. The van der Waals surface area contributed by atoms with Crippen LogP contribution in [0.3, 0.4) is 0 Å². The molecule has 2 rings (SSSR count). The first-order chi connectivity index (χ1) is 10.1. The molecule has 0 spiro atoms. The molecule has 118 valence electrons. The number of nitrogens with one attached hydrogen (secondary N) is 1. The minimum Gasteiger partial charge on any atom is -0.376 e. The van der Waals surface area contributed by atoms with Gasteiger partial charge in [0.15, 0.2) is 0 Å². The van der Waals surface area contributed by atoms with Gasteiger partial charge in [0.2, 0.25) is 0 Å². The molecule has 1 aliphatic rings. The number of benzene rings is 1. The van der Waals surface area contributed by atoms with Crippen LogP contribution in [0, 0.1) is 11.6 Å². The second-order valence-corrected chi connectivity index (χ2v) is 5.81. The molecule has 4 heteroatoms. The van der Waals surface area contributed by atoms with Gasteiger partial charge in [0.05, 0.1) is 11.6 Å². The van der Waals surface area contributed by atoms with Crippen molar-refractivity contribution in [2.45, 2.75) is 57.1 Å². The lowest BCUT2D eigenvalue weighted by Crippen LogP contribution is -2.46. The van der Waals surface area contributed by atoms with Crippen LogP contribution in [0.5, 0.6) is 0 Å². The van der Waals surface area contributed by atoms with Crippen LogP contribution < -0.4 is 5.32 Å². The van der Waals surface area contributed by atoms with Crippen LogP contribution in [0.25, 0.3) is 0 Å². The Morgan fingerprint density at radius 3 is 2.19 bits per heavy atom. The summed E-state index contributed by atoms with van der Waals surface area (Å²) in [6.07, 6.45) is 6.04. The van der Waals surface area contributed by atoms with Crippen molar-refractivity contribution < 1.29 is 13.5 Å². The second kappa shape index (κ2) is 7.32. The molecule has 0 bridgehead atoms. The van der Waals surface area contributed by atoms with E-state index in [4.69, 9.17) is 4.74 Å². The number of likely N-dealkylation sites (N-methyl/N-ethyl adjacent to an activating group) is 1. The summed E-state index contributed by atoms with van der Waals surface area (Å²) < 4.78 is 34.3. The van der Waals surface area contributed by atoms with E-state index in [2.05, 4.69) is 5.32 Å². The summed E-state index contributed by atoms with van der Waals surface area (Å²) in [5.41, 5.74) is -0.418. The van der Waals surface area contributed by atoms with Gasteiger partial charge in [-0.3, -0.25) is 0 Å². The molecular formula is C17H25F2NO. The molecule has 0 amide bonds. The molecule has 1 fully saturated rings. The van der Waals surface area contributed by atoms with Gasteiger partial charge in [-0.05, 0) is 31.5 Å². The minimum absolute atomic E-state index is 0.114. The van der Waals surface area contributed by atoms with Crippen molar-refractivity contribution in [2.24, 2.45) is 0 Å². The number of methoxy groups -OCH3 is 1. The van der Waals surface area contributed by atoms with E-state index in [0.29, 0.717) is 6.54 Å².